The van der Waals surface area contributed by atoms with E-state index in [4.69, 9.17) is 9.72 Å². The van der Waals surface area contributed by atoms with Crippen LogP contribution in [-0.4, -0.2) is 12.1 Å². The Kier molecular flexibility index (Phi) is 9.40. The molecule has 0 spiro atoms. The third-order valence-electron chi connectivity index (χ3n) is 9.64. The first kappa shape index (κ1) is 31.2. The highest BCUT2D eigenvalue weighted by atomic mass is 16.5. The first-order chi connectivity index (χ1) is 20.3. The molecule has 4 atom stereocenters. The monoisotopic (exact) mass is 561 g/mol. The SMILES string of the molecule is C=C/C=C(\C=C/C)c1c[n+]2c(c(-c3ccccc3)n1)-c1ccccc1C1(C)CC21CC.CC.COC(C)=C1C(C)C1C. The quantitative estimate of drug-likeness (QED) is 0.170. The molecule has 0 saturated heterocycles. The maximum atomic E-state index is 5.25. The van der Waals surface area contributed by atoms with Gasteiger partial charge in [-0.05, 0) is 49.8 Å². The minimum atomic E-state index is 0.0904. The number of rotatable bonds is 6. The van der Waals surface area contributed by atoms with Gasteiger partial charge < -0.3 is 4.74 Å². The lowest BCUT2D eigenvalue weighted by atomic mass is 9.82. The molecule has 0 N–H and O–H groups in total. The molecular weight excluding hydrogens is 512 g/mol. The number of methoxy groups -OCH3 is 1. The van der Waals surface area contributed by atoms with E-state index in [9.17, 15) is 0 Å². The van der Waals surface area contributed by atoms with Crippen LogP contribution in [0.2, 0.25) is 0 Å². The highest BCUT2D eigenvalue weighted by molar-refractivity contribution is 5.82. The number of hydrogen-bond donors (Lipinski definition) is 0. The summed E-state index contributed by atoms with van der Waals surface area (Å²) in [6.45, 7) is 21.2. The van der Waals surface area contributed by atoms with E-state index in [1.165, 1.54) is 22.4 Å². The molecule has 0 amide bonds. The molecule has 220 valence electrons. The number of nitrogens with zero attached hydrogens (tertiary/aromatic N) is 2. The van der Waals surface area contributed by atoms with Crippen molar-refractivity contribution in [3.05, 3.63) is 114 Å². The molecular formula is C39H49N2O+. The molecule has 42 heavy (non-hydrogen) atoms. The van der Waals surface area contributed by atoms with Crippen LogP contribution in [0.25, 0.3) is 28.1 Å². The number of hydrogen-bond acceptors (Lipinski definition) is 2. The van der Waals surface area contributed by atoms with Gasteiger partial charge in [-0.3, -0.25) is 0 Å². The summed E-state index contributed by atoms with van der Waals surface area (Å²) in [6, 6.07) is 19.5. The Morgan fingerprint density at radius 3 is 2.26 bits per heavy atom. The Balaban J connectivity index is 0.000000313. The van der Waals surface area contributed by atoms with Crippen molar-refractivity contribution >= 4 is 5.57 Å². The van der Waals surface area contributed by atoms with Gasteiger partial charge in [0, 0.05) is 24.0 Å². The third kappa shape index (κ3) is 5.19. The smallest absolute Gasteiger partial charge is 0.239 e. The summed E-state index contributed by atoms with van der Waals surface area (Å²) in [6.07, 6.45) is 12.6. The van der Waals surface area contributed by atoms with E-state index >= 15 is 0 Å². The fourth-order valence-corrected chi connectivity index (χ4v) is 6.99. The zero-order valence-electron chi connectivity index (χ0n) is 27.2. The minimum Gasteiger partial charge on any atom is -0.501 e. The number of aromatic nitrogens is 2. The van der Waals surface area contributed by atoms with E-state index in [0.717, 1.165) is 53.0 Å². The van der Waals surface area contributed by atoms with Gasteiger partial charge in [0.1, 0.15) is 11.4 Å². The van der Waals surface area contributed by atoms with Gasteiger partial charge in [-0.2, -0.15) is 4.57 Å². The van der Waals surface area contributed by atoms with E-state index in [0.29, 0.717) is 0 Å². The second kappa shape index (κ2) is 12.7. The summed E-state index contributed by atoms with van der Waals surface area (Å²) in [5.74, 6) is 2.66. The predicted octanol–water partition coefficient (Wildman–Crippen LogP) is 9.85. The van der Waals surface area contributed by atoms with Crippen LogP contribution in [-0.2, 0) is 15.7 Å². The molecule has 2 aromatic carbocycles. The summed E-state index contributed by atoms with van der Waals surface area (Å²) in [5, 5.41) is 0. The molecule has 3 nitrogen and oxygen atoms in total. The Morgan fingerprint density at radius 1 is 1.07 bits per heavy atom. The van der Waals surface area contributed by atoms with E-state index in [-0.39, 0.29) is 11.0 Å². The summed E-state index contributed by atoms with van der Waals surface area (Å²) in [4.78, 5) is 5.25. The van der Waals surface area contributed by atoms with Crippen molar-refractivity contribution in [2.75, 3.05) is 7.11 Å². The lowest BCUT2D eigenvalue weighted by Crippen LogP contribution is -2.55. The van der Waals surface area contributed by atoms with Crippen LogP contribution in [0.3, 0.4) is 0 Å². The maximum absolute atomic E-state index is 5.25. The molecule has 4 unspecified atom stereocenters. The maximum Gasteiger partial charge on any atom is 0.239 e. The zero-order chi connectivity index (χ0) is 30.7. The molecule has 1 aromatic heterocycles. The predicted molar refractivity (Wildman–Crippen MR) is 178 cm³/mol. The number of ether oxygens (including phenoxy) is 1. The molecule has 3 heteroatoms. The van der Waals surface area contributed by atoms with Crippen molar-refractivity contribution in [1.29, 1.82) is 0 Å². The number of fused-ring (bicyclic) bond motifs is 6. The molecule has 0 radical (unpaired) electrons. The number of allylic oxidation sites excluding steroid dienone is 7. The van der Waals surface area contributed by atoms with Crippen LogP contribution in [0.4, 0.5) is 0 Å². The number of benzene rings is 2. The molecule has 3 aliphatic rings. The Hall–Kier alpha value is -3.72. The van der Waals surface area contributed by atoms with Crippen LogP contribution >= 0.6 is 0 Å². The summed E-state index contributed by atoms with van der Waals surface area (Å²) >= 11 is 0. The van der Waals surface area contributed by atoms with Crippen LogP contribution in [0.5, 0.6) is 0 Å². The highest BCUT2D eigenvalue weighted by Crippen LogP contribution is 2.66. The molecule has 6 rings (SSSR count). The van der Waals surface area contributed by atoms with Crippen LogP contribution in [0.1, 0.15) is 79.5 Å². The largest absolute Gasteiger partial charge is 0.501 e. The Bertz CT molecular complexity index is 1520. The average molecular weight is 562 g/mol. The van der Waals surface area contributed by atoms with E-state index in [1.807, 2.05) is 39.8 Å². The van der Waals surface area contributed by atoms with E-state index in [1.54, 1.807) is 7.11 Å². The summed E-state index contributed by atoms with van der Waals surface area (Å²) in [7, 11) is 1.74. The van der Waals surface area contributed by atoms with Gasteiger partial charge in [-0.25, -0.2) is 4.98 Å². The van der Waals surface area contributed by atoms with Gasteiger partial charge in [0.25, 0.3) is 0 Å². The van der Waals surface area contributed by atoms with Gasteiger partial charge in [0.15, 0.2) is 11.7 Å². The van der Waals surface area contributed by atoms with Gasteiger partial charge in [0.05, 0.1) is 23.8 Å². The summed E-state index contributed by atoms with van der Waals surface area (Å²) in [5.41, 5.74) is 10.0. The lowest BCUT2D eigenvalue weighted by molar-refractivity contribution is -0.735. The normalized spacial score (nSPS) is 24.6. The van der Waals surface area contributed by atoms with E-state index < -0.39 is 0 Å². The van der Waals surface area contributed by atoms with Gasteiger partial charge >= 0.3 is 0 Å². The fraction of sp³-hybridized carbons (Fsp3) is 0.385. The first-order valence-corrected chi connectivity index (χ1v) is 15.6. The van der Waals surface area contributed by atoms with Gasteiger partial charge in [-0.15, -0.1) is 0 Å². The van der Waals surface area contributed by atoms with Crippen molar-refractivity contribution in [1.82, 2.24) is 4.98 Å². The van der Waals surface area contributed by atoms with E-state index in [2.05, 4.69) is 112 Å². The van der Waals surface area contributed by atoms with Crippen molar-refractivity contribution in [2.24, 2.45) is 11.8 Å². The minimum absolute atomic E-state index is 0.0904. The fourth-order valence-electron chi connectivity index (χ4n) is 6.99. The molecule has 2 fully saturated rings. The van der Waals surface area contributed by atoms with Crippen LogP contribution in [0, 0.1) is 11.8 Å². The van der Waals surface area contributed by atoms with Crippen molar-refractivity contribution in [3.8, 4) is 22.5 Å². The lowest BCUT2D eigenvalue weighted by Gasteiger charge is -2.28. The molecule has 3 aromatic rings. The van der Waals surface area contributed by atoms with Gasteiger partial charge in [0.2, 0.25) is 5.69 Å². The van der Waals surface area contributed by atoms with Crippen molar-refractivity contribution in [3.63, 3.8) is 0 Å². The standard InChI is InChI=1S/C29H29N2.C8H14O.C2H6/c1-5-13-21(14-6-2)25-19-31-27(26(30-25)22-15-9-8-10-16-22)23-17-11-12-18-24(23)28(4)20-29(28,31)7-3;1-5-6(2)8(5)7(3)9-4;1-2/h5-6,8-19H,1,7,20H2,2-4H3;5-6H,1-4H3;1-2H3/q+1;;/b14-6-,21-13+;;. The molecule has 2 aliphatic carbocycles. The van der Waals surface area contributed by atoms with Crippen molar-refractivity contribution in [2.45, 2.75) is 79.2 Å². The Labute approximate surface area is 254 Å². The second-order valence-corrected chi connectivity index (χ2v) is 11.6. The second-order valence-electron chi connectivity index (χ2n) is 11.6. The molecule has 2 heterocycles. The zero-order valence-corrected chi connectivity index (χ0v) is 27.2. The van der Waals surface area contributed by atoms with Crippen LogP contribution < -0.4 is 4.57 Å². The average Bonchev–Trinajstić information content (AvgIpc) is 3.88. The first-order valence-electron chi connectivity index (χ1n) is 15.6. The summed E-state index contributed by atoms with van der Waals surface area (Å²) < 4.78 is 7.65. The third-order valence-corrected chi connectivity index (χ3v) is 9.64. The highest BCUT2D eigenvalue weighted by Gasteiger charge is 2.75. The van der Waals surface area contributed by atoms with Gasteiger partial charge in [-0.1, -0.05) is 114 Å². The molecule has 2 saturated carbocycles. The molecule has 1 aliphatic heterocycles. The molecule has 0 bridgehead atoms. The van der Waals surface area contributed by atoms with Crippen LogP contribution in [0.15, 0.2) is 103 Å². The topological polar surface area (TPSA) is 26.0 Å². The van der Waals surface area contributed by atoms with Crippen molar-refractivity contribution < 1.29 is 9.30 Å². The Morgan fingerprint density at radius 2 is 1.71 bits per heavy atom.